The van der Waals surface area contributed by atoms with Gasteiger partial charge in [0.2, 0.25) is 16.9 Å². The molecule has 1 aromatic heterocycles. The highest BCUT2D eigenvalue weighted by atomic mass is 16.5. The number of hydrogen-bond acceptors (Lipinski definition) is 6. The molecule has 112 valence electrons. The number of phenolic OH excluding ortho intramolecular Hbond substituents is 2. The molecule has 0 saturated heterocycles. The Balaban J connectivity index is 2.44. The highest BCUT2D eigenvalue weighted by Crippen LogP contribution is 2.42. The molecule has 3 N–H and O–H groups in total. The predicted molar refractivity (Wildman–Crippen MR) is 79.5 cm³/mol. The monoisotopic (exact) mass is 300 g/mol. The van der Waals surface area contributed by atoms with Crippen molar-refractivity contribution in [3.8, 4) is 34.3 Å². The lowest BCUT2D eigenvalue weighted by Gasteiger charge is -2.11. The van der Waals surface area contributed by atoms with Gasteiger partial charge in [-0.2, -0.15) is 0 Å². The van der Waals surface area contributed by atoms with Crippen LogP contribution in [0.2, 0.25) is 0 Å². The minimum atomic E-state index is -0.757. The van der Waals surface area contributed by atoms with Crippen LogP contribution < -0.4 is 10.2 Å². The lowest BCUT2D eigenvalue weighted by molar-refractivity contribution is 0.353. The van der Waals surface area contributed by atoms with Crippen LogP contribution in [0.3, 0.4) is 0 Å². The van der Waals surface area contributed by atoms with Gasteiger partial charge in [-0.05, 0) is 0 Å². The van der Waals surface area contributed by atoms with Crippen molar-refractivity contribution in [2.75, 3.05) is 7.11 Å². The molecule has 0 unspecified atom stereocenters. The van der Waals surface area contributed by atoms with Gasteiger partial charge in [-0.1, -0.05) is 30.3 Å². The Labute approximate surface area is 124 Å². The topological polar surface area (TPSA) is 100 Å². The van der Waals surface area contributed by atoms with Crippen molar-refractivity contribution >= 4 is 11.0 Å². The van der Waals surface area contributed by atoms with Crippen molar-refractivity contribution in [3.63, 3.8) is 0 Å². The van der Waals surface area contributed by atoms with Crippen LogP contribution in [-0.2, 0) is 0 Å². The van der Waals surface area contributed by atoms with Crippen LogP contribution in [0.5, 0.6) is 23.0 Å². The number of benzene rings is 2. The van der Waals surface area contributed by atoms with E-state index in [-0.39, 0.29) is 22.5 Å². The summed E-state index contributed by atoms with van der Waals surface area (Å²) in [6.07, 6.45) is 0. The molecule has 0 amide bonds. The standard InChI is InChI=1S/C16H12O6/c1-21-16-11-10(7-9(17)12(16)18)22-15(14(20)13(11)19)8-5-3-2-4-6-8/h2-7,17-18,20H,1H3. The fourth-order valence-corrected chi connectivity index (χ4v) is 2.27. The van der Waals surface area contributed by atoms with E-state index < -0.39 is 22.7 Å². The smallest absolute Gasteiger partial charge is 0.238 e. The van der Waals surface area contributed by atoms with E-state index in [1.165, 1.54) is 7.11 Å². The van der Waals surface area contributed by atoms with E-state index >= 15 is 0 Å². The zero-order valence-corrected chi connectivity index (χ0v) is 11.5. The Kier molecular flexibility index (Phi) is 3.14. The van der Waals surface area contributed by atoms with E-state index in [0.717, 1.165) is 6.07 Å². The first-order valence-corrected chi connectivity index (χ1v) is 6.38. The van der Waals surface area contributed by atoms with Crippen molar-refractivity contribution in [2.45, 2.75) is 0 Å². The third kappa shape index (κ3) is 1.93. The molecule has 2 aromatic carbocycles. The number of methoxy groups -OCH3 is 1. The van der Waals surface area contributed by atoms with Crippen LogP contribution in [0.15, 0.2) is 45.6 Å². The second-order valence-corrected chi connectivity index (χ2v) is 4.63. The molecule has 0 aliphatic rings. The Morgan fingerprint density at radius 1 is 1.05 bits per heavy atom. The third-order valence-corrected chi connectivity index (χ3v) is 3.31. The van der Waals surface area contributed by atoms with Gasteiger partial charge in [0.25, 0.3) is 0 Å². The van der Waals surface area contributed by atoms with Gasteiger partial charge in [-0.25, -0.2) is 0 Å². The molecule has 0 aliphatic heterocycles. The molecule has 6 heteroatoms. The molecule has 3 rings (SSSR count). The molecule has 22 heavy (non-hydrogen) atoms. The molecular weight excluding hydrogens is 288 g/mol. The fourth-order valence-electron chi connectivity index (χ4n) is 2.27. The molecule has 0 aliphatic carbocycles. The summed E-state index contributed by atoms with van der Waals surface area (Å²) in [5.74, 6) is -1.95. The van der Waals surface area contributed by atoms with Gasteiger partial charge in [0.15, 0.2) is 17.3 Å². The van der Waals surface area contributed by atoms with E-state index in [1.807, 2.05) is 0 Å². The molecule has 0 atom stereocenters. The van der Waals surface area contributed by atoms with Crippen LogP contribution in [0, 0.1) is 0 Å². The fraction of sp³-hybridized carbons (Fsp3) is 0.0625. The number of fused-ring (bicyclic) bond motifs is 1. The highest BCUT2D eigenvalue weighted by molar-refractivity contribution is 5.91. The SMILES string of the molecule is COc1c(O)c(O)cc2oc(-c3ccccc3)c(O)c(=O)c12. The molecule has 0 fully saturated rings. The molecule has 0 saturated carbocycles. The summed E-state index contributed by atoms with van der Waals surface area (Å²) < 4.78 is 10.5. The predicted octanol–water partition coefficient (Wildman–Crippen LogP) is 2.59. The number of ether oxygens (including phenoxy) is 1. The van der Waals surface area contributed by atoms with Gasteiger partial charge in [0.05, 0.1) is 7.11 Å². The molecule has 0 radical (unpaired) electrons. The Morgan fingerprint density at radius 2 is 1.73 bits per heavy atom. The lowest BCUT2D eigenvalue weighted by atomic mass is 10.1. The quantitative estimate of drug-likeness (QED) is 0.629. The number of aromatic hydroxyl groups is 3. The Hall–Kier alpha value is -3.15. The average Bonchev–Trinajstić information content (AvgIpc) is 2.53. The second-order valence-electron chi connectivity index (χ2n) is 4.63. The Bertz CT molecular complexity index is 912. The zero-order chi connectivity index (χ0) is 15.9. The summed E-state index contributed by atoms with van der Waals surface area (Å²) in [5.41, 5.74) is -0.258. The number of rotatable bonds is 2. The van der Waals surface area contributed by atoms with Crippen LogP contribution >= 0.6 is 0 Å². The Morgan fingerprint density at radius 3 is 2.36 bits per heavy atom. The van der Waals surface area contributed by atoms with E-state index in [4.69, 9.17) is 9.15 Å². The van der Waals surface area contributed by atoms with E-state index in [0.29, 0.717) is 5.56 Å². The van der Waals surface area contributed by atoms with Crippen molar-refractivity contribution in [2.24, 2.45) is 0 Å². The summed E-state index contributed by atoms with van der Waals surface area (Å²) in [6.45, 7) is 0. The van der Waals surface area contributed by atoms with Gasteiger partial charge in [0, 0.05) is 11.6 Å². The van der Waals surface area contributed by atoms with Gasteiger partial charge < -0.3 is 24.5 Å². The van der Waals surface area contributed by atoms with Crippen molar-refractivity contribution in [1.29, 1.82) is 0 Å². The van der Waals surface area contributed by atoms with Gasteiger partial charge >= 0.3 is 0 Å². The van der Waals surface area contributed by atoms with Crippen molar-refractivity contribution in [3.05, 3.63) is 46.6 Å². The molecule has 0 spiro atoms. The normalized spacial score (nSPS) is 10.8. The van der Waals surface area contributed by atoms with Crippen molar-refractivity contribution < 1.29 is 24.5 Å². The maximum absolute atomic E-state index is 12.4. The summed E-state index contributed by atoms with van der Waals surface area (Å²) in [7, 11) is 1.23. The van der Waals surface area contributed by atoms with Gasteiger partial charge in [-0.15, -0.1) is 0 Å². The summed E-state index contributed by atoms with van der Waals surface area (Å²) in [4.78, 5) is 12.4. The first kappa shape index (κ1) is 13.8. The minimum absolute atomic E-state index is 0.00574. The first-order chi connectivity index (χ1) is 10.5. The van der Waals surface area contributed by atoms with Crippen LogP contribution in [0.4, 0.5) is 0 Å². The average molecular weight is 300 g/mol. The van der Waals surface area contributed by atoms with Crippen LogP contribution in [0.25, 0.3) is 22.3 Å². The first-order valence-electron chi connectivity index (χ1n) is 6.38. The maximum atomic E-state index is 12.4. The summed E-state index contributed by atoms with van der Waals surface area (Å²) in [6, 6.07) is 9.68. The molecule has 3 aromatic rings. The highest BCUT2D eigenvalue weighted by Gasteiger charge is 2.22. The van der Waals surface area contributed by atoms with Gasteiger partial charge in [0.1, 0.15) is 11.0 Å². The largest absolute Gasteiger partial charge is 0.504 e. The van der Waals surface area contributed by atoms with E-state index in [2.05, 4.69) is 0 Å². The second kappa shape index (κ2) is 5.00. The molecule has 0 bridgehead atoms. The van der Waals surface area contributed by atoms with Gasteiger partial charge in [-0.3, -0.25) is 4.79 Å². The molecule has 6 nitrogen and oxygen atoms in total. The zero-order valence-electron chi connectivity index (χ0n) is 11.5. The lowest BCUT2D eigenvalue weighted by Crippen LogP contribution is -2.04. The maximum Gasteiger partial charge on any atom is 0.238 e. The summed E-state index contributed by atoms with van der Waals surface area (Å²) >= 11 is 0. The van der Waals surface area contributed by atoms with Crippen LogP contribution in [-0.4, -0.2) is 22.4 Å². The summed E-state index contributed by atoms with van der Waals surface area (Å²) in [5, 5.41) is 29.4. The van der Waals surface area contributed by atoms with E-state index in [1.54, 1.807) is 30.3 Å². The third-order valence-electron chi connectivity index (χ3n) is 3.31. The molecule has 1 heterocycles. The van der Waals surface area contributed by atoms with E-state index in [9.17, 15) is 20.1 Å². The van der Waals surface area contributed by atoms with Crippen molar-refractivity contribution in [1.82, 2.24) is 0 Å². The molecular formula is C16H12O6. The number of phenols is 2. The van der Waals surface area contributed by atoms with Crippen LogP contribution in [0.1, 0.15) is 0 Å². The minimum Gasteiger partial charge on any atom is -0.504 e. The number of hydrogen-bond donors (Lipinski definition) is 3.